The summed E-state index contributed by atoms with van der Waals surface area (Å²) in [6.45, 7) is 2.64. The lowest BCUT2D eigenvalue weighted by atomic mass is 10.2. The zero-order valence-corrected chi connectivity index (χ0v) is 12.6. The van der Waals surface area contributed by atoms with Crippen LogP contribution >= 0.6 is 0 Å². The average molecular weight is 285 g/mol. The summed E-state index contributed by atoms with van der Waals surface area (Å²) in [5, 5.41) is 3.13. The maximum Gasteiger partial charge on any atom is 0.244 e. The first-order valence-corrected chi connectivity index (χ1v) is 7.84. The molecule has 0 spiro atoms. The molecule has 5 nitrogen and oxygen atoms in total. The van der Waals surface area contributed by atoms with E-state index in [1.807, 2.05) is 6.07 Å². The summed E-state index contributed by atoms with van der Waals surface area (Å²) < 4.78 is 25.6. The van der Waals surface area contributed by atoms with Crippen molar-refractivity contribution in [3.63, 3.8) is 0 Å². The van der Waals surface area contributed by atoms with Crippen LogP contribution < -0.4 is 11.1 Å². The van der Waals surface area contributed by atoms with Crippen molar-refractivity contribution in [2.45, 2.75) is 30.7 Å². The summed E-state index contributed by atoms with van der Waals surface area (Å²) in [6, 6.07) is 6.91. The van der Waals surface area contributed by atoms with Crippen molar-refractivity contribution in [1.82, 2.24) is 4.31 Å². The molecule has 0 amide bonds. The highest BCUT2D eigenvalue weighted by molar-refractivity contribution is 7.89. The van der Waals surface area contributed by atoms with Gasteiger partial charge in [0.25, 0.3) is 0 Å². The minimum absolute atomic E-state index is 0.0279. The Bertz CT molecular complexity index is 500. The summed E-state index contributed by atoms with van der Waals surface area (Å²) in [5.41, 5.74) is 6.53. The number of para-hydroxylation sites is 1. The molecule has 0 aliphatic rings. The van der Waals surface area contributed by atoms with Crippen LogP contribution in [0.4, 0.5) is 5.69 Å². The second-order valence-electron chi connectivity index (χ2n) is 4.71. The first kappa shape index (κ1) is 15.9. The van der Waals surface area contributed by atoms with Crippen LogP contribution in [-0.2, 0) is 10.0 Å². The predicted octanol–water partition coefficient (Wildman–Crippen LogP) is 1.48. The Balaban J connectivity index is 2.91. The Labute approximate surface area is 115 Å². The van der Waals surface area contributed by atoms with Gasteiger partial charge < -0.3 is 11.1 Å². The number of sulfonamides is 1. The molecule has 19 heavy (non-hydrogen) atoms. The molecule has 1 unspecified atom stereocenters. The first-order chi connectivity index (χ1) is 8.89. The van der Waals surface area contributed by atoms with Gasteiger partial charge in [-0.05, 0) is 18.6 Å². The number of nitrogens with zero attached hydrogens (tertiary/aromatic N) is 1. The van der Waals surface area contributed by atoms with Crippen molar-refractivity contribution in [3.05, 3.63) is 24.3 Å². The molecule has 0 fully saturated rings. The van der Waals surface area contributed by atoms with Gasteiger partial charge in [-0.2, -0.15) is 0 Å². The lowest BCUT2D eigenvalue weighted by molar-refractivity contribution is 0.521. The third kappa shape index (κ3) is 4.19. The maximum absolute atomic E-state index is 12.2. The fourth-order valence-corrected chi connectivity index (χ4v) is 2.81. The molecule has 108 valence electrons. The zero-order valence-electron chi connectivity index (χ0n) is 11.8. The van der Waals surface area contributed by atoms with Crippen molar-refractivity contribution >= 4 is 15.7 Å². The minimum atomic E-state index is -3.44. The molecule has 0 saturated heterocycles. The molecule has 0 heterocycles. The summed E-state index contributed by atoms with van der Waals surface area (Å²) in [4.78, 5) is 0.281. The number of anilines is 1. The lowest BCUT2D eigenvalue weighted by Crippen LogP contribution is -2.30. The van der Waals surface area contributed by atoms with Gasteiger partial charge in [0.05, 0.1) is 5.69 Å². The van der Waals surface area contributed by atoms with E-state index in [0.29, 0.717) is 12.2 Å². The van der Waals surface area contributed by atoms with Gasteiger partial charge in [0.2, 0.25) is 10.0 Å². The third-order valence-electron chi connectivity index (χ3n) is 2.86. The smallest absolute Gasteiger partial charge is 0.244 e. The van der Waals surface area contributed by atoms with E-state index >= 15 is 0 Å². The summed E-state index contributed by atoms with van der Waals surface area (Å²) in [5.74, 6) is 0. The zero-order chi connectivity index (χ0) is 14.5. The quantitative estimate of drug-likeness (QED) is 0.795. The molecular formula is C13H23N3O2S. The van der Waals surface area contributed by atoms with Gasteiger partial charge in [0.1, 0.15) is 4.90 Å². The van der Waals surface area contributed by atoms with E-state index in [-0.39, 0.29) is 10.9 Å². The number of nitrogens with one attached hydrogen (secondary N) is 1. The molecule has 6 heteroatoms. The van der Waals surface area contributed by atoms with E-state index in [2.05, 4.69) is 12.2 Å². The molecule has 1 aromatic rings. The Hall–Kier alpha value is -1.11. The molecule has 3 N–H and O–H groups in total. The maximum atomic E-state index is 12.2. The molecule has 0 aliphatic carbocycles. The standard InChI is InChI=1S/C13H23N3O2S/c1-4-7-11(14)10-15-12-8-5-6-9-13(12)19(17,18)16(2)3/h5-6,8-9,11,15H,4,7,10,14H2,1-3H3. The van der Waals surface area contributed by atoms with Crippen molar-refractivity contribution in [3.8, 4) is 0 Å². The topological polar surface area (TPSA) is 75.4 Å². The Kier molecular flexibility index (Phi) is 5.78. The van der Waals surface area contributed by atoms with E-state index in [1.165, 1.54) is 18.4 Å². The highest BCUT2D eigenvalue weighted by Crippen LogP contribution is 2.23. The van der Waals surface area contributed by atoms with Gasteiger partial charge in [-0.3, -0.25) is 0 Å². The van der Waals surface area contributed by atoms with Crippen molar-refractivity contribution in [1.29, 1.82) is 0 Å². The van der Waals surface area contributed by atoms with Crippen LogP contribution in [0.1, 0.15) is 19.8 Å². The highest BCUT2D eigenvalue weighted by atomic mass is 32.2. The van der Waals surface area contributed by atoms with E-state index < -0.39 is 10.0 Å². The SMILES string of the molecule is CCCC(N)CNc1ccccc1S(=O)(=O)N(C)C. The molecular weight excluding hydrogens is 262 g/mol. The number of hydrogen-bond donors (Lipinski definition) is 2. The molecule has 0 aliphatic heterocycles. The fourth-order valence-electron chi connectivity index (χ4n) is 1.75. The van der Waals surface area contributed by atoms with Crippen LogP contribution in [0, 0.1) is 0 Å². The van der Waals surface area contributed by atoms with Gasteiger partial charge in [0.15, 0.2) is 0 Å². The average Bonchev–Trinajstić information content (AvgIpc) is 2.37. The fraction of sp³-hybridized carbons (Fsp3) is 0.538. The second-order valence-corrected chi connectivity index (χ2v) is 6.83. The normalized spacial score (nSPS) is 13.5. The molecule has 1 atom stereocenters. The number of hydrogen-bond acceptors (Lipinski definition) is 4. The summed E-state index contributed by atoms with van der Waals surface area (Å²) in [6.07, 6.45) is 1.93. The largest absolute Gasteiger partial charge is 0.382 e. The predicted molar refractivity (Wildman–Crippen MR) is 78.7 cm³/mol. The molecule has 0 radical (unpaired) electrons. The molecule has 1 aromatic carbocycles. The highest BCUT2D eigenvalue weighted by Gasteiger charge is 2.20. The Morgan fingerprint density at radius 1 is 1.32 bits per heavy atom. The van der Waals surface area contributed by atoms with Crippen molar-refractivity contribution in [2.24, 2.45) is 5.73 Å². The first-order valence-electron chi connectivity index (χ1n) is 6.40. The van der Waals surface area contributed by atoms with Crippen LogP contribution in [0.15, 0.2) is 29.2 Å². The monoisotopic (exact) mass is 285 g/mol. The Morgan fingerprint density at radius 3 is 2.53 bits per heavy atom. The number of nitrogens with two attached hydrogens (primary N) is 1. The second kappa shape index (κ2) is 6.88. The van der Waals surface area contributed by atoms with Gasteiger partial charge in [-0.15, -0.1) is 0 Å². The number of rotatable bonds is 7. The molecule has 0 aromatic heterocycles. The van der Waals surface area contributed by atoms with Crippen LogP contribution in [0.2, 0.25) is 0 Å². The summed E-state index contributed by atoms with van der Waals surface area (Å²) >= 11 is 0. The van der Waals surface area contributed by atoms with E-state index in [0.717, 1.165) is 12.8 Å². The van der Waals surface area contributed by atoms with Gasteiger partial charge >= 0.3 is 0 Å². The third-order valence-corrected chi connectivity index (χ3v) is 4.73. The van der Waals surface area contributed by atoms with Crippen LogP contribution in [-0.4, -0.2) is 39.4 Å². The summed E-state index contributed by atoms with van der Waals surface area (Å²) in [7, 11) is -0.392. The van der Waals surface area contributed by atoms with E-state index in [9.17, 15) is 8.42 Å². The van der Waals surface area contributed by atoms with Gasteiger partial charge in [0, 0.05) is 26.7 Å². The van der Waals surface area contributed by atoms with Crippen molar-refractivity contribution < 1.29 is 8.42 Å². The van der Waals surface area contributed by atoms with Crippen LogP contribution in [0.5, 0.6) is 0 Å². The van der Waals surface area contributed by atoms with E-state index in [1.54, 1.807) is 18.2 Å². The molecule has 1 rings (SSSR count). The lowest BCUT2D eigenvalue weighted by Gasteiger charge is -2.18. The Morgan fingerprint density at radius 2 is 1.95 bits per heavy atom. The van der Waals surface area contributed by atoms with Crippen LogP contribution in [0.3, 0.4) is 0 Å². The minimum Gasteiger partial charge on any atom is -0.382 e. The van der Waals surface area contributed by atoms with Crippen molar-refractivity contribution in [2.75, 3.05) is 26.0 Å². The van der Waals surface area contributed by atoms with Crippen LogP contribution in [0.25, 0.3) is 0 Å². The van der Waals surface area contributed by atoms with E-state index in [4.69, 9.17) is 5.73 Å². The molecule has 0 bridgehead atoms. The van der Waals surface area contributed by atoms with Gasteiger partial charge in [-0.1, -0.05) is 25.5 Å². The van der Waals surface area contributed by atoms with Gasteiger partial charge in [-0.25, -0.2) is 12.7 Å². The number of benzene rings is 1. The molecule has 0 saturated carbocycles.